The number of hydrogen-bond acceptors (Lipinski definition) is 9. The molecule has 0 aliphatic carbocycles. The van der Waals surface area contributed by atoms with E-state index in [1.54, 1.807) is 0 Å². The van der Waals surface area contributed by atoms with Crippen LogP contribution >= 0.6 is 11.6 Å². The van der Waals surface area contributed by atoms with Crippen LogP contribution in [0, 0.1) is 11.8 Å². The Morgan fingerprint density at radius 2 is 1.44 bits per heavy atom. The molecule has 0 N–H and O–H groups in total. The van der Waals surface area contributed by atoms with Crippen molar-refractivity contribution < 1.29 is 46.1 Å². The third-order valence-corrected chi connectivity index (χ3v) is 7.35. The summed E-state index contributed by atoms with van der Waals surface area (Å²) in [6.07, 6.45) is -5.12. The lowest BCUT2D eigenvalue weighted by molar-refractivity contribution is -0.154. The Hall–Kier alpha value is -4.42. The van der Waals surface area contributed by atoms with Crippen LogP contribution < -0.4 is 29.1 Å². The maximum absolute atomic E-state index is 14.5. The molecule has 0 spiro atoms. The summed E-state index contributed by atoms with van der Waals surface area (Å²) in [5.41, 5.74) is -1.35. The first-order valence-corrected chi connectivity index (χ1v) is 15.4. The number of hydrogen-bond donors (Lipinski definition) is 0. The minimum atomic E-state index is -5.12. The molecule has 0 radical (unpaired) electrons. The van der Waals surface area contributed by atoms with Crippen LogP contribution in [0.5, 0.6) is 34.5 Å². The highest BCUT2D eigenvalue weighted by molar-refractivity contribution is 6.30. The van der Waals surface area contributed by atoms with E-state index < -0.39 is 29.1 Å². The van der Waals surface area contributed by atoms with Gasteiger partial charge >= 0.3 is 12.1 Å². The first-order valence-electron chi connectivity index (χ1n) is 15.0. The molecule has 1 aromatic heterocycles. The molecule has 3 aromatic carbocycles. The highest BCUT2D eigenvalue weighted by Gasteiger charge is 2.41. The van der Waals surface area contributed by atoms with Gasteiger partial charge in [-0.3, -0.25) is 9.69 Å². The van der Waals surface area contributed by atoms with Crippen molar-refractivity contribution in [3.63, 3.8) is 0 Å². The molecule has 0 unspecified atom stereocenters. The van der Waals surface area contributed by atoms with Gasteiger partial charge in [-0.15, -0.1) is 0 Å². The number of rotatable bonds is 13. The minimum absolute atomic E-state index is 0.00317. The van der Waals surface area contributed by atoms with E-state index in [2.05, 4.69) is 0 Å². The second-order valence-electron chi connectivity index (χ2n) is 11.8. The molecule has 0 saturated heterocycles. The summed E-state index contributed by atoms with van der Waals surface area (Å²) >= 11 is 5.91. The smallest absolute Gasteiger partial charge is 0.453 e. The molecular weight excluding hydrogens is 655 g/mol. The van der Waals surface area contributed by atoms with Crippen LogP contribution in [-0.4, -0.2) is 45.3 Å². The lowest BCUT2D eigenvalue weighted by Gasteiger charge is -2.27. The number of carbonyl (C=O) groups is 1. The zero-order valence-electron chi connectivity index (χ0n) is 27.6. The number of benzene rings is 3. The predicted octanol–water partition coefficient (Wildman–Crippen LogP) is 8.62. The average Bonchev–Trinajstić information content (AvgIpc) is 3.02. The van der Waals surface area contributed by atoms with Gasteiger partial charge in [0.25, 0.3) is 5.76 Å². The molecule has 13 heteroatoms. The molecule has 9 nitrogen and oxygen atoms in total. The molecule has 0 amide bonds. The maximum atomic E-state index is 14.5. The summed E-state index contributed by atoms with van der Waals surface area (Å²) in [6, 6.07) is 10.9. The summed E-state index contributed by atoms with van der Waals surface area (Å²) < 4.78 is 76.5. The monoisotopic (exact) mass is 691 g/mol. The van der Waals surface area contributed by atoms with Crippen molar-refractivity contribution in [2.75, 3.05) is 34.4 Å². The van der Waals surface area contributed by atoms with Crippen LogP contribution in [0.25, 0.3) is 11.0 Å². The summed E-state index contributed by atoms with van der Waals surface area (Å²) in [6.45, 7) is 9.14. The first kappa shape index (κ1) is 36.4. The van der Waals surface area contributed by atoms with Crippen molar-refractivity contribution in [2.24, 2.45) is 11.8 Å². The Balaban J connectivity index is 1.94. The van der Waals surface area contributed by atoms with Gasteiger partial charge in [0.15, 0.2) is 11.5 Å². The van der Waals surface area contributed by atoms with Crippen molar-refractivity contribution in [2.45, 2.75) is 40.4 Å². The molecule has 1 heterocycles. The fraction of sp³-hybridized carbons (Fsp3) is 0.371. The van der Waals surface area contributed by atoms with Gasteiger partial charge in [0.2, 0.25) is 16.9 Å². The first-order chi connectivity index (χ1) is 22.7. The Labute approximate surface area is 281 Å². The number of halogens is 4. The van der Waals surface area contributed by atoms with Crippen LogP contribution in [0.15, 0.2) is 57.7 Å². The molecule has 0 saturated carbocycles. The molecule has 4 aromatic rings. The highest BCUT2D eigenvalue weighted by atomic mass is 35.5. The van der Waals surface area contributed by atoms with Gasteiger partial charge in [-0.2, -0.15) is 13.2 Å². The van der Waals surface area contributed by atoms with Crippen LogP contribution in [0.2, 0.25) is 5.02 Å². The summed E-state index contributed by atoms with van der Waals surface area (Å²) in [4.78, 5) is 29.3. The van der Waals surface area contributed by atoms with E-state index in [4.69, 9.17) is 39.7 Å². The van der Waals surface area contributed by atoms with Gasteiger partial charge in [-0.25, -0.2) is 4.79 Å². The Kier molecular flexibility index (Phi) is 11.5. The number of carbonyl (C=O) groups excluding carboxylic acids is 1. The lowest BCUT2D eigenvalue weighted by Crippen LogP contribution is -2.31. The SMILES string of the molecule is COc1cc(C(=O)Oc2ccc3c(=O)c(Oc4ccc(Cl)cc4)c(C(F)(F)F)oc3c2CN(CC(C)C)CC(C)C)cc(OC)c1OC. The Morgan fingerprint density at radius 3 is 1.94 bits per heavy atom. The molecule has 0 aliphatic rings. The molecular formula is C35H37ClF3NO8. The molecule has 0 bridgehead atoms. The normalized spacial score (nSPS) is 11.8. The fourth-order valence-electron chi connectivity index (χ4n) is 5.24. The summed E-state index contributed by atoms with van der Waals surface area (Å²) in [5.74, 6) is -2.69. The minimum Gasteiger partial charge on any atom is -0.493 e. The van der Waals surface area contributed by atoms with E-state index in [1.807, 2.05) is 32.6 Å². The number of nitrogens with zero attached hydrogens (tertiary/aromatic N) is 1. The van der Waals surface area contributed by atoms with E-state index in [1.165, 1.54) is 69.9 Å². The van der Waals surface area contributed by atoms with Crippen LogP contribution in [-0.2, 0) is 12.7 Å². The van der Waals surface area contributed by atoms with Crippen molar-refractivity contribution in [1.29, 1.82) is 0 Å². The van der Waals surface area contributed by atoms with Crippen molar-refractivity contribution in [3.05, 3.63) is 80.7 Å². The number of methoxy groups -OCH3 is 3. The van der Waals surface area contributed by atoms with Crippen molar-refractivity contribution in [1.82, 2.24) is 4.90 Å². The zero-order valence-corrected chi connectivity index (χ0v) is 28.4. The number of fused-ring (bicyclic) bond motifs is 1. The van der Waals surface area contributed by atoms with Gasteiger partial charge in [0.1, 0.15) is 17.1 Å². The van der Waals surface area contributed by atoms with E-state index in [0.717, 1.165) is 0 Å². The standard InChI is InChI=1S/C35H37ClF3NO8/c1-19(2)16-40(17-20(3)4)18-25-26(47-34(42)21-14-27(43-5)31(45-7)28(15-21)44-6)13-12-24-29(41)32(33(35(37,38)39)48-30(24)25)46-23-10-8-22(36)9-11-23/h8-15,19-20H,16-18H2,1-7H3. The Bertz CT molecular complexity index is 1790. The van der Waals surface area contributed by atoms with Crippen LogP contribution in [0.1, 0.15) is 49.4 Å². The molecule has 258 valence electrons. The molecule has 0 atom stereocenters. The van der Waals surface area contributed by atoms with E-state index >= 15 is 0 Å². The fourth-order valence-corrected chi connectivity index (χ4v) is 5.37. The molecule has 0 aliphatic heterocycles. The van der Waals surface area contributed by atoms with E-state index in [0.29, 0.717) is 18.1 Å². The maximum Gasteiger partial charge on any atom is 0.453 e. The van der Waals surface area contributed by atoms with Gasteiger partial charge in [-0.05, 0) is 60.4 Å². The van der Waals surface area contributed by atoms with Crippen molar-refractivity contribution in [3.8, 4) is 34.5 Å². The largest absolute Gasteiger partial charge is 0.493 e. The van der Waals surface area contributed by atoms with Gasteiger partial charge in [0.05, 0.1) is 37.8 Å². The number of alkyl halides is 3. The van der Waals surface area contributed by atoms with Crippen LogP contribution in [0.4, 0.5) is 13.2 Å². The average molecular weight is 692 g/mol. The van der Waals surface area contributed by atoms with Crippen molar-refractivity contribution >= 4 is 28.5 Å². The third-order valence-electron chi connectivity index (χ3n) is 7.10. The molecule has 4 rings (SSSR count). The van der Waals surface area contributed by atoms with Gasteiger partial charge < -0.3 is 28.1 Å². The second kappa shape index (κ2) is 15.2. The van der Waals surface area contributed by atoms with Gasteiger partial charge in [0, 0.05) is 24.7 Å². The highest BCUT2D eigenvalue weighted by Crippen LogP contribution is 2.42. The molecule has 0 fully saturated rings. The Morgan fingerprint density at radius 1 is 0.854 bits per heavy atom. The van der Waals surface area contributed by atoms with Crippen LogP contribution in [0.3, 0.4) is 0 Å². The third kappa shape index (κ3) is 8.35. The number of ether oxygens (including phenoxy) is 5. The van der Waals surface area contributed by atoms with E-state index in [-0.39, 0.29) is 69.2 Å². The second-order valence-corrected chi connectivity index (χ2v) is 12.3. The quantitative estimate of drug-likeness (QED) is 0.101. The van der Waals surface area contributed by atoms with Gasteiger partial charge in [-0.1, -0.05) is 39.3 Å². The van der Waals surface area contributed by atoms with E-state index in [9.17, 15) is 22.8 Å². The zero-order chi connectivity index (χ0) is 35.3. The number of esters is 1. The lowest BCUT2D eigenvalue weighted by atomic mass is 10.1. The summed E-state index contributed by atoms with van der Waals surface area (Å²) in [5, 5.41) is 0.137. The topological polar surface area (TPSA) is 96.7 Å². The predicted molar refractivity (Wildman–Crippen MR) is 175 cm³/mol. The molecule has 48 heavy (non-hydrogen) atoms. The summed E-state index contributed by atoms with van der Waals surface area (Å²) in [7, 11) is 4.18.